The molecule has 1 unspecified atom stereocenters. The van der Waals surface area contributed by atoms with Crippen molar-refractivity contribution in [1.82, 2.24) is 5.32 Å². The summed E-state index contributed by atoms with van der Waals surface area (Å²) < 4.78 is 39.6. The van der Waals surface area contributed by atoms with Crippen molar-refractivity contribution in [3.05, 3.63) is 95.1 Å². The highest BCUT2D eigenvalue weighted by Gasteiger charge is 2.25. The Morgan fingerprint density at radius 3 is 1.93 bits per heavy atom. The van der Waals surface area contributed by atoms with Crippen molar-refractivity contribution >= 4 is 23.7 Å². The van der Waals surface area contributed by atoms with Crippen molar-refractivity contribution in [3.8, 4) is 40.2 Å². The largest absolute Gasteiger partial charge is 0.493 e. The van der Waals surface area contributed by atoms with E-state index in [2.05, 4.69) is 10.6 Å². The first-order chi connectivity index (χ1) is 22.5. The number of nitrogens with one attached hydrogen (secondary N) is 2. The first-order valence-electron chi connectivity index (χ1n) is 14.7. The molecule has 1 aliphatic rings. The van der Waals surface area contributed by atoms with Gasteiger partial charge in [0.05, 0.1) is 54.3 Å². The Morgan fingerprint density at radius 2 is 1.24 bits per heavy atom. The van der Waals surface area contributed by atoms with Crippen LogP contribution in [0, 0.1) is 0 Å². The molecule has 46 heavy (non-hydrogen) atoms. The second kappa shape index (κ2) is 15.0. The molecular weight excluding hydrogens is 588 g/mol. The number of carbonyl (C=O) groups excluding carboxylic acids is 1. The number of methoxy groups -OCH3 is 5. The molecule has 1 aliphatic heterocycles. The van der Waals surface area contributed by atoms with Gasteiger partial charge in [0.15, 0.2) is 34.5 Å². The van der Waals surface area contributed by atoms with Gasteiger partial charge in [0.1, 0.15) is 6.17 Å². The second-order valence-corrected chi connectivity index (χ2v) is 10.3. The standard InChI is InChI=1S/C36H38N2O8/c1-40-28-15-13-23(11-12-24-20-32(42-3)34(44-5)33(21-24)43-4)19-31(28)46-18-8-17-45-29-16-14-25(22-30(29)41-2)35-37-27-10-7-6-9-26(27)36(39)38-35/h6-7,9-16,19-22,35,37H,8,17-18H2,1-5H3,(H,38,39)/b12-11-. The molecule has 10 heteroatoms. The number of para-hydroxylation sites is 1. The van der Waals surface area contributed by atoms with Gasteiger partial charge in [0, 0.05) is 12.1 Å². The van der Waals surface area contributed by atoms with E-state index in [1.165, 1.54) is 0 Å². The van der Waals surface area contributed by atoms with Crippen molar-refractivity contribution < 1.29 is 38.0 Å². The van der Waals surface area contributed by atoms with E-state index in [4.69, 9.17) is 33.2 Å². The third-order valence-corrected chi connectivity index (χ3v) is 7.41. The van der Waals surface area contributed by atoms with Gasteiger partial charge in [-0.15, -0.1) is 0 Å². The number of anilines is 1. The van der Waals surface area contributed by atoms with Crippen LogP contribution in [-0.2, 0) is 0 Å². The fraction of sp³-hybridized carbons (Fsp3) is 0.250. The van der Waals surface area contributed by atoms with Crippen molar-refractivity contribution in [2.24, 2.45) is 0 Å². The monoisotopic (exact) mass is 626 g/mol. The first kappa shape index (κ1) is 31.9. The second-order valence-electron chi connectivity index (χ2n) is 10.3. The lowest BCUT2D eigenvalue weighted by Gasteiger charge is -2.28. The van der Waals surface area contributed by atoms with Gasteiger partial charge in [-0.1, -0.05) is 36.4 Å². The average molecular weight is 627 g/mol. The molecule has 1 atom stereocenters. The highest BCUT2D eigenvalue weighted by atomic mass is 16.5. The van der Waals surface area contributed by atoms with Gasteiger partial charge in [-0.3, -0.25) is 4.79 Å². The molecule has 0 saturated heterocycles. The quantitative estimate of drug-likeness (QED) is 0.118. The van der Waals surface area contributed by atoms with Crippen LogP contribution < -0.4 is 43.8 Å². The molecule has 0 fully saturated rings. The minimum Gasteiger partial charge on any atom is -0.493 e. The molecule has 0 bridgehead atoms. The summed E-state index contributed by atoms with van der Waals surface area (Å²) in [5, 5.41) is 6.34. The SMILES string of the molecule is COc1cc(C2NC(=O)c3ccccc3N2)ccc1OCCCOc1cc(/C=C\c2cc(OC)c(OC)c(OC)c2)ccc1OC. The average Bonchev–Trinajstić information content (AvgIpc) is 3.10. The molecular formula is C36H38N2O8. The lowest BCUT2D eigenvalue weighted by molar-refractivity contribution is 0.0935. The van der Waals surface area contributed by atoms with E-state index in [9.17, 15) is 4.79 Å². The number of rotatable bonds is 14. The zero-order chi connectivity index (χ0) is 32.5. The number of fused-ring (bicyclic) bond motifs is 1. The lowest BCUT2D eigenvalue weighted by Crippen LogP contribution is -2.38. The van der Waals surface area contributed by atoms with Gasteiger partial charge in [-0.05, 0) is 65.2 Å². The van der Waals surface area contributed by atoms with E-state index >= 15 is 0 Å². The van der Waals surface area contributed by atoms with E-state index in [0.29, 0.717) is 65.4 Å². The van der Waals surface area contributed by atoms with Crippen LogP contribution in [0.3, 0.4) is 0 Å². The molecule has 0 saturated carbocycles. The fourth-order valence-corrected chi connectivity index (χ4v) is 5.08. The van der Waals surface area contributed by atoms with Crippen LogP contribution in [0.25, 0.3) is 12.2 Å². The van der Waals surface area contributed by atoms with Gasteiger partial charge < -0.3 is 43.8 Å². The summed E-state index contributed by atoms with van der Waals surface area (Å²) in [7, 11) is 7.96. The minimum absolute atomic E-state index is 0.129. The van der Waals surface area contributed by atoms with Crippen LogP contribution >= 0.6 is 0 Å². The first-order valence-corrected chi connectivity index (χ1v) is 14.7. The van der Waals surface area contributed by atoms with Gasteiger partial charge >= 0.3 is 0 Å². The highest BCUT2D eigenvalue weighted by Crippen LogP contribution is 2.39. The van der Waals surface area contributed by atoms with E-state index in [1.807, 2.05) is 78.9 Å². The lowest BCUT2D eigenvalue weighted by atomic mass is 10.1. The summed E-state index contributed by atoms with van der Waals surface area (Å²) in [5.74, 6) is 4.00. The molecule has 4 aromatic rings. The van der Waals surface area contributed by atoms with E-state index in [0.717, 1.165) is 22.4 Å². The van der Waals surface area contributed by atoms with Crippen LogP contribution in [-0.4, -0.2) is 54.7 Å². The van der Waals surface area contributed by atoms with Gasteiger partial charge in [0.25, 0.3) is 5.91 Å². The normalized spacial score (nSPS) is 13.7. The fourth-order valence-electron chi connectivity index (χ4n) is 5.08. The molecule has 10 nitrogen and oxygen atoms in total. The molecule has 0 radical (unpaired) electrons. The minimum atomic E-state index is -0.388. The van der Waals surface area contributed by atoms with Gasteiger partial charge in [-0.25, -0.2) is 0 Å². The predicted octanol–water partition coefficient (Wildman–Crippen LogP) is 6.60. The van der Waals surface area contributed by atoms with Crippen molar-refractivity contribution in [1.29, 1.82) is 0 Å². The summed E-state index contributed by atoms with van der Waals surface area (Å²) in [5.41, 5.74) is 4.06. The zero-order valence-electron chi connectivity index (χ0n) is 26.5. The van der Waals surface area contributed by atoms with E-state index < -0.39 is 0 Å². The maximum absolute atomic E-state index is 12.6. The summed E-state index contributed by atoms with van der Waals surface area (Å²) in [6, 6.07) is 22.5. The number of ether oxygens (including phenoxy) is 7. The van der Waals surface area contributed by atoms with Crippen molar-refractivity contribution in [2.75, 3.05) is 54.1 Å². The van der Waals surface area contributed by atoms with Crippen LogP contribution in [0.5, 0.6) is 40.2 Å². The Morgan fingerprint density at radius 1 is 0.609 bits per heavy atom. The van der Waals surface area contributed by atoms with Crippen molar-refractivity contribution in [3.63, 3.8) is 0 Å². The van der Waals surface area contributed by atoms with Crippen LogP contribution in [0.4, 0.5) is 5.69 Å². The number of carbonyl (C=O) groups is 1. The summed E-state index contributed by atoms with van der Waals surface area (Å²) >= 11 is 0. The number of benzene rings is 4. The highest BCUT2D eigenvalue weighted by molar-refractivity contribution is 6.01. The molecule has 2 N–H and O–H groups in total. The molecule has 240 valence electrons. The third-order valence-electron chi connectivity index (χ3n) is 7.41. The summed E-state index contributed by atoms with van der Waals surface area (Å²) in [6.45, 7) is 0.818. The Labute approximate surface area is 268 Å². The van der Waals surface area contributed by atoms with E-state index in [-0.39, 0.29) is 12.1 Å². The number of hydrogen-bond donors (Lipinski definition) is 2. The molecule has 1 heterocycles. The molecule has 0 aliphatic carbocycles. The maximum Gasteiger partial charge on any atom is 0.255 e. The smallest absolute Gasteiger partial charge is 0.255 e. The Hall–Kier alpha value is -5.51. The van der Waals surface area contributed by atoms with Crippen LogP contribution in [0.1, 0.15) is 39.6 Å². The summed E-state index contributed by atoms with van der Waals surface area (Å²) in [4.78, 5) is 12.6. The predicted molar refractivity (Wildman–Crippen MR) is 177 cm³/mol. The number of hydrogen-bond acceptors (Lipinski definition) is 9. The maximum atomic E-state index is 12.6. The van der Waals surface area contributed by atoms with Crippen molar-refractivity contribution in [2.45, 2.75) is 12.6 Å². The van der Waals surface area contributed by atoms with Crippen LogP contribution in [0.2, 0.25) is 0 Å². The topological polar surface area (TPSA) is 106 Å². The molecule has 1 amide bonds. The molecule has 0 spiro atoms. The van der Waals surface area contributed by atoms with Crippen LogP contribution in [0.15, 0.2) is 72.8 Å². The third kappa shape index (κ3) is 7.23. The molecule has 5 rings (SSSR count). The Balaban J connectivity index is 1.18. The van der Waals surface area contributed by atoms with Gasteiger partial charge in [-0.2, -0.15) is 0 Å². The Bertz CT molecular complexity index is 1680. The van der Waals surface area contributed by atoms with Gasteiger partial charge in [0.2, 0.25) is 5.75 Å². The Kier molecular flexibility index (Phi) is 10.4. The summed E-state index contributed by atoms with van der Waals surface area (Å²) in [6.07, 6.45) is 4.16. The molecule has 0 aromatic heterocycles. The molecule has 4 aromatic carbocycles. The zero-order valence-corrected chi connectivity index (χ0v) is 26.5. The van der Waals surface area contributed by atoms with E-state index in [1.54, 1.807) is 41.6 Å². The number of amides is 1.